The zero-order valence-electron chi connectivity index (χ0n) is 10.8. The first-order valence-electron chi connectivity index (χ1n) is 6.16. The molecule has 18 heavy (non-hydrogen) atoms. The lowest BCUT2D eigenvalue weighted by atomic mass is 9.76. The average molecular weight is 288 g/mol. The van der Waals surface area contributed by atoms with Gasteiger partial charge in [-0.2, -0.15) is 0 Å². The van der Waals surface area contributed by atoms with E-state index in [1.165, 1.54) is 0 Å². The summed E-state index contributed by atoms with van der Waals surface area (Å²) in [6.07, 6.45) is 1.82. The van der Waals surface area contributed by atoms with Gasteiger partial charge in [0.15, 0.2) is 0 Å². The van der Waals surface area contributed by atoms with Crippen LogP contribution in [0.15, 0.2) is 18.2 Å². The van der Waals surface area contributed by atoms with Gasteiger partial charge < -0.3 is 5.73 Å². The standard InChI is InChI=1S/C14H19Cl2NO/c1-3-14(4-2,9-17)13(18)7-10-5-6-11(15)8-12(10)16/h5-6,8H,3-4,7,9,17H2,1-2H3. The van der Waals surface area contributed by atoms with E-state index < -0.39 is 5.41 Å². The topological polar surface area (TPSA) is 43.1 Å². The number of carbonyl (C=O) groups excluding carboxylic acids is 1. The van der Waals surface area contributed by atoms with Gasteiger partial charge in [0.25, 0.3) is 0 Å². The molecule has 2 N–H and O–H groups in total. The van der Waals surface area contributed by atoms with Crippen molar-refractivity contribution in [3.63, 3.8) is 0 Å². The van der Waals surface area contributed by atoms with E-state index in [1.807, 2.05) is 13.8 Å². The number of Topliss-reactive ketones (excluding diaryl/α,β-unsaturated/α-hetero) is 1. The third-order valence-corrected chi connectivity index (χ3v) is 4.29. The van der Waals surface area contributed by atoms with Crippen LogP contribution in [0.1, 0.15) is 32.3 Å². The van der Waals surface area contributed by atoms with Crippen molar-refractivity contribution in [3.8, 4) is 0 Å². The fraction of sp³-hybridized carbons (Fsp3) is 0.500. The predicted molar refractivity (Wildman–Crippen MR) is 77.2 cm³/mol. The lowest BCUT2D eigenvalue weighted by Crippen LogP contribution is -2.38. The van der Waals surface area contributed by atoms with Crippen LogP contribution in [0.4, 0.5) is 0 Å². The molecule has 0 amide bonds. The van der Waals surface area contributed by atoms with Gasteiger partial charge in [-0.1, -0.05) is 43.1 Å². The Morgan fingerprint density at radius 1 is 1.28 bits per heavy atom. The van der Waals surface area contributed by atoms with Gasteiger partial charge in [-0.15, -0.1) is 0 Å². The minimum atomic E-state index is -0.428. The smallest absolute Gasteiger partial charge is 0.144 e. The third-order valence-electron chi connectivity index (χ3n) is 3.70. The number of ketones is 1. The quantitative estimate of drug-likeness (QED) is 0.863. The summed E-state index contributed by atoms with van der Waals surface area (Å²) in [4.78, 5) is 12.4. The van der Waals surface area contributed by atoms with Crippen LogP contribution < -0.4 is 5.73 Å². The van der Waals surface area contributed by atoms with Gasteiger partial charge in [-0.05, 0) is 30.5 Å². The molecule has 1 aromatic rings. The molecule has 1 rings (SSSR count). The van der Waals surface area contributed by atoms with Gasteiger partial charge in [-0.25, -0.2) is 0 Å². The molecular formula is C14H19Cl2NO. The van der Waals surface area contributed by atoms with Crippen molar-refractivity contribution in [1.82, 2.24) is 0 Å². The number of benzene rings is 1. The van der Waals surface area contributed by atoms with Gasteiger partial charge >= 0.3 is 0 Å². The molecule has 0 aliphatic rings. The van der Waals surface area contributed by atoms with E-state index in [0.717, 1.165) is 18.4 Å². The molecule has 2 nitrogen and oxygen atoms in total. The monoisotopic (exact) mass is 287 g/mol. The van der Waals surface area contributed by atoms with Gasteiger partial charge in [-0.3, -0.25) is 4.79 Å². The zero-order chi connectivity index (χ0) is 13.8. The summed E-state index contributed by atoms with van der Waals surface area (Å²) in [5.41, 5.74) is 6.15. The minimum absolute atomic E-state index is 0.152. The molecule has 0 saturated heterocycles. The zero-order valence-corrected chi connectivity index (χ0v) is 12.3. The number of nitrogens with two attached hydrogens (primary N) is 1. The molecule has 0 aliphatic heterocycles. The SMILES string of the molecule is CCC(CC)(CN)C(=O)Cc1ccc(Cl)cc1Cl. The number of rotatable bonds is 6. The molecule has 0 aliphatic carbocycles. The summed E-state index contributed by atoms with van der Waals surface area (Å²) in [5, 5.41) is 1.11. The molecule has 0 fully saturated rings. The molecule has 0 heterocycles. The fourth-order valence-electron chi connectivity index (χ4n) is 2.07. The molecule has 0 saturated carbocycles. The van der Waals surface area contributed by atoms with Crippen LogP contribution in [0.3, 0.4) is 0 Å². The largest absolute Gasteiger partial charge is 0.329 e. The maximum absolute atomic E-state index is 12.4. The lowest BCUT2D eigenvalue weighted by Gasteiger charge is -2.28. The van der Waals surface area contributed by atoms with Crippen LogP contribution in [-0.4, -0.2) is 12.3 Å². The summed E-state index contributed by atoms with van der Waals surface area (Å²) in [7, 11) is 0. The highest BCUT2D eigenvalue weighted by atomic mass is 35.5. The molecule has 0 atom stereocenters. The Balaban J connectivity index is 2.93. The van der Waals surface area contributed by atoms with Crippen LogP contribution >= 0.6 is 23.2 Å². The van der Waals surface area contributed by atoms with Crippen LogP contribution in [-0.2, 0) is 11.2 Å². The summed E-state index contributed by atoms with van der Waals surface area (Å²) >= 11 is 11.9. The Morgan fingerprint density at radius 3 is 2.33 bits per heavy atom. The van der Waals surface area contributed by atoms with Crippen molar-refractivity contribution < 1.29 is 4.79 Å². The number of hydrogen-bond donors (Lipinski definition) is 1. The van der Waals surface area contributed by atoms with Crippen molar-refractivity contribution in [1.29, 1.82) is 0 Å². The molecule has 1 aromatic carbocycles. The van der Waals surface area contributed by atoms with E-state index in [4.69, 9.17) is 28.9 Å². The Morgan fingerprint density at radius 2 is 1.89 bits per heavy atom. The van der Waals surface area contributed by atoms with Gasteiger partial charge in [0.1, 0.15) is 5.78 Å². The lowest BCUT2D eigenvalue weighted by molar-refractivity contribution is -0.128. The number of halogens is 2. The summed E-state index contributed by atoms with van der Waals surface area (Å²) in [6, 6.07) is 5.21. The second kappa shape index (κ2) is 6.55. The van der Waals surface area contributed by atoms with Gasteiger partial charge in [0.2, 0.25) is 0 Å². The van der Waals surface area contributed by atoms with Crippen LogP contribution in [0.25, 0.3) is 0 Å². The van der Waals surface area contributed by atoms with Gasteiger partial charge in [0, 0.05) is 28.4 Å². The Labute approximate surface area is 118 Å². The molecule has 4 heteroatoms. The number of carbonyl (C=O) groups is 1. The van der Waals surface area contributed by atoms with E-state index in [9.17, 15) is 4.79 Å². The Kier molecular flexibility index (Phi) is 5.64. The second-order valence-corrected chi connectivity index (χ2v) is 5.37. The van der Waals surface area contributed by atoms with Crippen LogP contribution in [0.5, 0.6) is 0 Å². The van der Waals surface area contributed by atoms with Gasteiger partial charge in [0.05, 0.1) is 0 Å². The van der Waals surface area contributed by atoms with Crippen molar-refractivity contribution in [2.45, 2.75) is 33.1 Å². The molecular weight excluding hydrogens is 269 g/mol. The molecule has 0 unspecified atom stereocenters. The van der Waals surface area contributed by atoms with E-state index >= 15 is 0 Å². The van der Waals surface area contributed by atoms with E-state index in [1.54, 1.807) is 18.2 Å². The first-order valence-corrected chi connectivity index (χ1v) is 6.92. The third kappa shape index (κ3) is 3.25. The fourth-order valence-corrected chi connectivity index (χ4v) is 2.55. The minimum Gasteiger partial charge on any atom is -0.329 e. The van der Waals surface area contributed by atoms with Crippen LogP contribution in [0.2, 0.25) is 10.0 Å². The highest BCUT2D eigenvalue weighted by Crippen LogP contribution is 2.30. The second-order valence-electron chi connectivity index (χ2n) is 4.53. The highest BCUT2D eigenvalue weighted by molar-refractivity contribution is 6.35. The Bertz CT molecular complexity index is 420. The van der Waals surface area contributed by atoms with Crippen molar-refractivity contribution in [2.75, 3.05) is 6.54 Å². The Hall–Kier alpha value is -0.570. The van der Waals surface area contributed by atoms with E-state index in [-0.39, 0.29) is 5.78 Å². The van der Waals surface area contributed by atoms with E-state index in [2.05, 4.69) is 0 Å². The van der Waals surface area contributed by atoms with Crippen molar-refractivity contribution >= 4 is 29.0 Å². The van der Waals surface area contributed by atoms with Crippen LogP contribution in [0, 0.1) is 5.41 Å². The summed E-state index contributed by atoms with van der Waals surface area (Å²) in [5.74, 6) is 0.152. The highest BCUT2D eigenvalue weighted by Gasteiger charge is 2.32. The molecule has 0 radical (unpaired) electrons. The summed E-state index contributed by atoms with van der Waals surface area (Å²) < 4.78 is 0. The van der Waals surface area contributed by atoms with Crippen molar-refractivity contribution in [3.05, 3.63) is 33.8 Å². The molecule has 0 spiro atoms. The van der Waals surface area contributed by atoms with Crippen molar-refractivity contribution in [2.24, 2.45) is 11.1 Å². The maximum atomic E-state index is 12.4. The first kappa shape index (κ1) is 15.5. The molecule has 100 valence electrons. The molecule has 0 aromatic heterocycles. The maximum Gasteiger partial charge on any atom is 0.144 e. The first-order chi connectivity index (χ1) is 8.49. The van der Waals surface area contributed by atoms with E-state index in [0.29, 0.717) is 23.0 Å². The average Bonchev–Trinajstić information content (AvgIpc) is 2.36. The predicted octanol–water partition coefficient (Wildman–Crippen LogP) is 3.87. The summed E-state index contributed by atoms with van der Waals surface area (Å²) in [6.45, 7) is 4.37. The molecule has 0 bridgehead atoms. The number of hydrogen-bond acceptors (Lipinski definition) is 2. The normalized spacial score (nSPS) is 11.6.